The summed E-state index contributed by atoms with van der Waals surface area (Å²) in [5.41, 5.74) is 0.683. The molecule has 0 spiro atoms. The van der Waals surface area contributed by atoms with Gasteiger partial charge in [0.2, 0.25) is 0 Å². The maximum absolute atomic E-state index is 12.1. The molecular formula is C11H10BrN3O3S. The third-order valence-electron chi connectivity index (χ3n) is 2.69. The highest BCUT2D eigenvalue weighted by molar-refractivity contribution is 9.10. The largest absolute Gasteiger partial charge is 0.312 e. The average molecular weight is 344 g/mol. The summed E-state index contributed by atoms with van der Waals surface area (Å²) in [5.74, 6) is -0.123. The fourth-order valence-electron chi connectivity index (χ4n) is 1.81. The van der Waals surface area contributed by atoms with Crippen molar-refractivity contribution in [2.45, 2.75) is 20.4 Å². The first kappa shape index (κ1) is 13.9. The highest BCUT2D eigenvalue weighted by atomic mass is 79.9. The van der Waals surface area contributed by atoms with Crippen LogP contribution in [0.4, 0.5) is 5.69 Å². The van der Waals surface area contributed by atoms with Crippen molar-refractivity contribution in [2.24, 2.45) is 0 Å². The molecule has 0 fully saturated rings. The number of nitrogens with zero attached hydrogens (tertiary/aromatic N) is 3. The number of ketones is 1. The van der Waals surface area contributed by atoms with Gasteiger partial charge in [-0.15, -0.1) is 11.3 Å². The maximum Gasteiger partial charge on any atom is 0.312 e. The minimum atomic E-state index is -0.473. The summed E-state index contributed by atoms with van der Waals surface area (Å²) in [6, 6.07) is 1.79. The Morgan fingerprint density at radius 1 is 1.58 bits per heavy atom. The Balaban J connectivity index is 2.30. The number of halogens is 1. The number of carbonyl (C=O) groups is 1. The number of Topliss-reactive ketones (excluding diaryl/α,β-unsaturated/α-hetero) is 1. The minimum Gasteiger partial charge on any atom is -0.291 e. The predicted molar refractivity (Wildman–Crippen MR) is 74.7 cm³/mol. The Morgan fingerprint density at radius 3 is 2.74 bits per heavy atom. The highest BCUT2D eigenvalue weighted by Crippen LogP contribution is 2.25. The SMILES string of the molecule is Cc1nn(CC(=O)c2sccc2Br)c(C)c1[N+](=O)[O-]. The molecule has 6 nitrogen and oxygen atoms in total. The van der Waals surface area contributed by atoms with E-state index >= 15 is 0 Å². The van der Waals surface area contributed by atoms with Crippen LogP contribution in [0.1, 0.15) is 21.1 Å². The summed E-state index contributed by atoms with van der Waals surface area (Å²) in [6.07, 6.45) is 0. The van der Waals surface area contributed by atoms with Crippen molar-refractivity contribution in [1.29, 1.82) is 0 Å². The molecule has 0 radical (unpaired) electrons. The Bertz CT molecular complexity index is 662. The zero-order valence-electron chi connectivity index (χ0n) is 10.2. The number of thiophene rings is 1. The Morgan fingerprint density at radius 2 is 2.26 bits per heavy atom. The van der Waals surface area contributed by atoms with Gasteiger partial charge in [0.15, 0.2) is 5.78 Å². The molecular weight excluding hydrogens is 334 g/mol. The molecule has 0 unspecified atom stereocenters. The average Bonchev–Trinajstić information content (AvgIpc) is 2.84. The zero-order valence-corrected chi connectivity index (χ0v) is 12.6. The van der Waals surface area contributed by atoms with Gasteiger partial charge in [0, 0.05) is 4.47 Å². The summed E-state index contributed by atoms with van der Waals surface area (Å²) < 4.78 is 2.11. The molecule has 2 aromatic rings. The Hall–Kier alpha value is -1.54. The summed E-state index contributed by atoms with van der Waals surface area (Å²) in [5, 5.41) is 16.7. The van der Waals surface area contributed by atoms with Gasteiger partial charge in [-0.25, -0.2) is 0 Å². The number of carbonyl (C=O) groups excluding carboxylic acids is 1. The fraction of sp³-hybridized carbons (Fsp3) is 0.273. The normalized spacial score (nSPS) is 10.7. The van der Waals surface area contributed by atoms with Crippen molar-refractivity contribution in [2.75, 3.05) is 0 Å². The fourth-order valence-corrected chi connectivity index (χ4v) is 3.33. The van der Waals surface area contributed by atoms with Gasteiger partial charge in [-0.3, -0.25) is 19.6 Å². The van der Waals surface area contributed by atoms with Crippen LogP contribution in [-0.4, -0.2) is 20.5 Å². The number of rotatable bonds is 4. The zero-order chi connectivity index (χ0) is 14.2. The molecule has 0 aliphatic carbocycles. The molecule has 0 N–H and O–H groups in total. The van der Waals surface area contributed by atoms with Gasteiger partial charge in [-0.2, -0.15) is 5.10 Å². The van der Waals surface area contributed by atoms with Gasteiger partial charge in [0.1, 0.15) is 17.9 Å². The minimum absolute atomic E-state index is 0.000370. The highest BCUT2D eigenvalue weighted by Gasteiger charge is 2.23. The number of nitro groups is 1. The lowest BCUT2D eigenvalue weighted by Gasteiger charge is -2.02. The van der Waals surface area contributed by atoms with Gasteiger partial charge < -0.3 is 0 Å². The topological polar surface area (TPSA) is 78.0 Å². The molecule has 100 valence electrons. The summed E-state index contributed by atoms with van der Waals surface area (Å²) in [4.78, 5) is 23.1. The lowest BCUT2D eigenvalue weighted by atomic mass is 10.3. The number of hydrogen-bond donors (Lipinski definition) is 0. The standard InChI is InChI=1S/C11H10BrN3O3S/c1-6-10(15(17)18)7(2)14(13-6)5-9(16)11-8(12)3-4-19-11/h3-4H,5H2,1-2H3. The molecule has 0 aliphatic rings. The lowest BCUT2D eigenvalue weighted by Crippen LogP contribution is -2.12. The van der Waals surface area contributed by atoms with Crippen molar-refractivity contribution in [3.63, 3.8) is 0 Å². The second kappa shape index (κ2) is 5.22. The van der Waals surface area contributed by atoms with E-state index in [4.69, 9.17) is 0 Å². The molecule has 0 amide bonds. The summed E-state index contributed by atoms with van der Waals surface area (Å²) in [7, 11) is 0. The van der Waals surface area contributed by atoms with Crippen molar-refractivity contribution < 1.29 is 9.72 Å². The van der Waals surface area contributed by atoms with E-state index in [-0.39, 0.29) is 18.0 Å². The Labute approximate surface area is 121 Å². The molecule has 0 aromatic carbocycles. The maximum atomic E-state index is 12.1. The van der Waals surface area contributed by atoms with E-state index in [2.05, 4.69) is 21.0 Å². The molecule has 0 aliphatic heterocycles. The summed E-state index contributed by atoms with van der Waals surface area (Å²) >= 11 is 4.62. The van der Waals surface area contributed by atoms with E-state index < -0.39 is 4.92 Å². The number of aryl methyl sites for hydroxylation is 1. The third kappa shape index (κ3) is 2.59. The second-order valence-electron chi connectivity index (χ2n) is 3.96. The first-order valence-corrected chi connectivity index (χ1v) is 7.03. The first-order chi connectivity index (χ1) is 8.91. The Kier molecular flexibility index (Phi) is 3.81. The molecule has 0 atom stereocenters. The van der Waals surface area contributed by atoms with Crippen LogP contribution < -0.4 is 0 Å². The monoisotopic (exact) mass is 343 g/mol. The first-order valence-electron chi connectivity index (χ1n) is 5.36. The van der Waals surface area contributed by atoms with E-state index in [1.54, 1.807) is 25.3 Å². The van der Waals surface area contributed by atoms with E-state index in [0.717, 1.165) is 4.47 Å². The van der Waals surface area contributed by atoms with Crippen LogP contribution in [0, 0.1) is 24.0 Å². The molecule has 2 heterocycles. The van der Waals surface area contributed by atoms with Crippen LogP contribution in [0.3, 0.4) is 0 Å². The predicted octanol–water partition coefficient (Wildman–Crippen LogP) is 3.12. The molecule has 2 rings (SSSR count). The van der Waals surface area contributed by atoms with Gasteiger partial charge in [0.25, 0.3) is 0 Å². The van der Waals surface area contributed by atoms with Crippen LogP contribution in [0.15, 0.2) is 15.9 Å². The smallest absolute Gasteiger partial charge is 0.291 e. The quantitative estimate of drug-likeness (QED) is 0.485. The molecule has 19 heavy (non-hydrogen) atoms. The van der Waals surface area contributed by atoms with Crippen LogP contribution in [-0.2, 0) is 6.54 Å². The molecule has 8 heteroatoms. The van der Waals surface area contributed by atoms with Crippen molar-refractivity contribution >= 4 is 38.7 Å². The van der Waals surface area contributed by atoms with Crippen molar-refractivity contribution in [3.8, 4) is 0 Å². The van der Waals surface area contributed by atoms with Gasteiger partial charge in [0.05, 0.1) is 9.80 Å². The van der Waals surface area contributed by atoms with Crippen molar-refractivity contribution in [1.82, 2.24) is 9.78 Å². The van der Waals surface area contributed by atoms with E-state index in [0.29, 0.717) is 16.3 Å². The van der Waals surface area contributed by atoms with Crippen LogP contribution in [0.2, 0.25) is 0 Å². The molecule has 2 aromatic heterocycles. The van der Waals surface area contributed by atoms with E-state index in [9.17, 15) is 14.9 Å². The van der Waals surface area contributed by atoms with Crippen LogP contribution in [0.25, 0.3) is 0 Å². The second-order valence-corrected chi connectivity index (χ2v) is 5.73. The van der Waals surface area contributed by atoms with Crippen LogP contribution >= 0.6 is 27.3 Å². The number of aromatic nitrogens is 2. The lowest BCUT2D eigenvalue weighted by molar-refractivity contribution is -0.386. The molecule has 0 saturated heterocycles. The number of hydrogen-bond acceptors (Lipinski definition) is 5. The summed E-state index contributed by atoms with van der Waals surface area (Å²) in [6.45, 7) is 3.15. The molecule has 0 saturated carbocycles. The van der Waals surface area contributed by atoms with Gasteiger partial charge >= 0.3 is 5.69 Å². The van der Waals surface area contributed by atoms with Gasteiger partial charge in [-0.1, -0.05) is 0 Å². The third-order valence-corrected chi connectivity index (χ3v) is 4.57. The van der Waals surface area contributed by atoms with Crippen molar-refractivity contribution in [3.05, 3.63) is 42.3 Å². The van der Waals surface area contributed by atoms with Gasteiger partial charge in [-0.05, 0) is 41.2 Å². The van der Waals surface area contributed by atoms with E-state index in [1.165, 1.54) is 16.0 Å². The molecule has 0 bridgehead atoms. The van der Waals surface area contributed by atoms with E-state index in [1.807, 2.05) is 0 Å². The van der Waals surface area contributed by atoms with Crippen LogP contribution in [0.5, 0.6) is 0 Å².